The number of allylic oxidation sites excluding steroid dienone is 2. The molecular weight excluding hydrogens is 438 g/mol. The summed E-state index contributed by atoms with van der Waals surface area (Å²) in [6, 6.07) is 5.21. The van der Waals surface area contributed by atoms with E-state index in [0.29, 0.717) is 19.3 Å². The van der Waals surface area contributed by atoms with E-state index in [1.54, 1.807) is 6.92 Å². The van der Waals surface area contributed by atoms with Gasteiger partial charge in [-0.15, -0.1) is 0 Å². The third-order valence-electron chi connectivity index (χ3n) is 7.02. The van der Waals surface area contributed by atoms with Crippen molar-refractivity contribution in [3.63, 3.8) is 0 Å². The molecule has 0 spiro atoms. The van der Waals surface area contributed by atoms with Gasteiger partial charge in [0.25, 0.3) is 0 Å². The molecular formula is C27H28F6. The van der Waals surface area contributed by atoms with E-state index in [0.717, 1.165) is 25.7 Å². The molecule has 1 unspecified atom stereocenters. The van der Waals surface area contributed by atoms with Gasteiger partial charge in [-0.25, -0.2) is 8.78 Å². The maximum Gasteiger partial charge on any atom is 0.343 e. The molecule has 0 bridgehead atoms. The number of hydrogen-bond acceptors (Lipinski definition) is 0. The van der Waals surface area contributed by atoms with Crippen LogP contribution >= 0.6 is 0 Å². The summed E-state index contributed by atoms with van der Waals surface area (Å²) in [7, 11) is 0. The smallest absolute Gasteiger partial charge is 0.206 e. The van der Waals surface area contributed by atoms with Gasteiger partial charge in [-0.3, -0.25) is 0 Å². The molecule has 2 aromatic carbocycles. The third-order valence-corrected chi connectivity index (χ3v) is 7.02. The zero-order valence-corrected chi connectivity index (χ0v) is 18.9. The first-order valence-electron chi connectivity index (χ1n) is 11.7. The second kappa shape index (κ2) is 8.84. The summed E-state index contributed by atoms with van der Waals surface area (Å²) in [6.07, 6.45) is 7.53. The highest BCUT2D eigenvalue weighted by molar-refractivity contribution is 5.77. The molecule has 0 nitrogen and oxygen atoms in total. The minimum absolute atomic E-state index is 0.0292. The SMILES string of the molecule is CCCCC1=CCC(c2ccc3c(c2F)C(F)(F)C(F)(F)c2c-3ccc(CCC)c2F)CC1. The average Bonchev–Trinajstić information content (AvgIpc) is 2.78. The lowest BCUT2D eigenvalue weighted by atomic mass is 9.76. The molecule has 2 aliphatic rings. The Labute approximate surface area is 190 Å². The van der Waals surface area contributed by atoms with Crippen molar-refractivity contribution in [1.82, 2.24) is 0 Å². The van der Waals surface area contributed by atoms with Crippen molar-refractivity contribution in [2.75, 3.05) is 0 Å². The van der Waals surface area contributed by atoms with E-state index in [4.69, 9.17) is 0 Å². The fourth-order valence-corrected chi connectivity index (χ4v) is 5.17. The number of rotatable bonds is 6. The summed E-state index contributed by atoms with van der Waals surface area (Å²) < 4.78 is 91.1. The number of benzene rings is 2. The molecule has 0 heterocycles. The molecule has 0 aromatic heterocycles. The van der Waals surface area contributed by atoms with Crippen molar-refractivity contribution in [3.8, 4) is 11.1 Å². The van der Waals surface area contributed by atoms with E-state index in [-0.39, 0.29) is 34.6 Å². The van der Waals surface area contributed by atoms with E-state index < -0.39 is 34.6 Å². The Morgan fingerprint density at radius 3 is 2.03 bits per heavy atom. The van der Waals surface area contributed by atoms with Crippen molar-refractivity contribution in [2.24, 2.45) is 0 Å². The van der Waals surface area contributed by atoms with E-state index in [2.05, 4.69) is 6.92 Å². The average molecular weight is 467 g/mol. The van der Waals surface area contributed by atoms with Crippen molar-refractivity contribution in [3.05, 3.63) is 69.8 Å². The Morgan fingerprint density at radius 1 is 0.818 bits per heavy atom. The molecule has 0 N–H and O–H groups in total. The Balaban J connectivity index is 1.81. The largest absolute Gasteiger partial charge is 0.343 e. The van der Waals surface area contributed by atoms with Crippen LogP contribution in [0.3, 0.4) is 0 Å². The molecule has 0 radical (unpaired) electrons. The van der Waals surface area contributed by atoms with Gasteiger partial charge in [0.1, 0.15) is 11.6 Å². The second-order valence-electron chi connectivity index (χ2n) is 9.19. The summed E-state index contributed by atoms with van der Waals surface area (Å²) in [5.74, 6) is -12.7. The Hall–Kier alpha value is -2.24. The molecule has 178 valence electrons. The van der Waals surface area contributed by atoms with Crippen LogP contribution in [-0.4, -0.2) is 0 Å². The summed E-state index contributed by atoms with van der Waals surface area (Å²) in [5, 5.41) is 0. The van der Waals surface area contributed by atoms with Crippen molar-refractivity contribution >= 4 is 0 Å². The molecule has 1 atom stereocenters. The zero-order valence-electron chi connectivity index (χ0n) is 18.9. The number of hydrogen-bond donors (Lipinski definition) is 0. The summed E-state index contributed by atoms with van der Waals surface area (Å²) >= 11 is 0. The van der Waals surface area contributed by atoms with Crippen LogP contribution in [0.15, 0.2) is 35.9 Å². The predicted octanol–water partition coefficient (Wildman–Crippen LogP) is 9.17. The number of unbranched alkanes of at least 4 members (excludes halogenated alkanes) is 1. The van der Waals surface area contributed by atoms with Gasteiger partial charge in [0.05, 0.1) is 11.1 Å². The van der Waals surface area contributed by atoms with Crippen LogP contribution in [0.2, 0.25) is 0 Å². The van der Waals surface area contributed by atoms with E-state index in [1.807, 2.05) is 6.08 Å². The van der Waals surface area contributed by atoms with Gasteiger partial charge in [0.15, 0.2) is 0 Å². The first-order chi connectivity index (χ1) is 15.6. The molecule has 6 heteroatoms. The Morgan fingerprint density at radius 2 is 1.45 bits per heavy atom. The highest BCUT2D eigenvalue weighted by Gasteiger charge is 2.65. The Bertz CT molecular complexity index is 1080. The van der Waals surface area contributed by atoms with Crippen molar-refractivity contribution in [2.45, 2.75) is 83.0 Å². The zero-order chi connectivity index (χ0) is 24.0. The maximum absolute atomic E-state index is 15.5. The third kappa shape index (κ3) is 3.79. The lowest BCUT2D eigenvalue weighted by Crippen LogP contribution is -2.41. The van der Waals surface area contributed by atoms with E-state index in [9.17, 15) is 4.39 Å². The summed E-state index contributed by atoms with van der Waals surface area (Å²) in [6.45, 7) is 3.84. The highest BCUT2D eigenvalue weighted by Crippen LogP contribution is 2.60. The van der Waals surface area contributed by atoms with Gasteiger partial charge in [-0.2, -0.15) is 17.6 Å². The Kier molecular flexibility index (Phi) is 6.41. The van der Waals surface area contributed by atoms with Crippen molar-refractivity contribution in [1.29, 1.82) is 0 Å². The summed E-state index contributed by atoms with van der Waals surface area (Å²) in [5.41, 5.74) is -2.12. The lowest BCUT2D eigenvalue weighted by Gasteiger charge is -2.36. The predicted molar refractivity (Wildman–Crippen MR) is 118 cm³/mol. The molecule has 0 saturated carbocycles. The second-order valence-corrected chi connectivity index (χ2v) is 9.19. The standard InChI is InChI=1S/C27H28F6/c1-3-5-7-16-8-10-17(11-9-16)19-14-15-21-20-13-12-18(6-4-2)24(28)22(20)26(30,31)27(32,33)23(21)25(19)29/h8,12-15,17H,3-7,9-11H2,1-2H3. The van der Waals surface area contributed by atoms with Crippen LogP contribution in [0.4, 0.5) is 26.3 Å². The number of aryl methyl sites for hydroxylation is 1. The van der Waals surface area contributed by atoms with Crippen LogP contribution in [0, 0.1) is 11.6 Å². The maximum atomic E-state index is 15.5. The number of alkyl halides is 4. The van der Waals surface area contributed by atoms with Gasteiger partial charge in [-0.05, 0) is 66.7 Å². The molecule has 0 fully saturated rings. The quantitative estimate of drug-likeness (QED) is 0.294. The van der Waals surface area contributed by atoms with Crippen LogP contribution in [-0.2, 0) is 18.3 Å². The molecule has 2 aliphatic carbocycles. The number of halogens is 6. The first kappa shape index (κ1) is 23.9. The number of fused-ring (bicyclic) bond motifs is 3. The highest BCUT2D eigenvalue weighted by atomic mass is 19.3. The molecule has 4 rings (SSSR count). The minimum Gasteiger partial charge on any atom is -0.206 e. The van der Waals surface area contributed by atoms with Gasteiger partial charge in [0.2, 0.25) is 0 Å². The van der Waals surface area contributed by atoms with Gasteiger partial charge >= 0.3 is 11.8 Å². The van der Waals surface area contributed by atoms with Gasteiger partial charge in [0, 0.05) is 0 Å². The first-order valence-corrected chi connectivity index (χ1v) is 11.7. The van der Waals surface area contributed by atoms with E-state index in [1.165, 1.54) is 29.8 Å². The van der Waals surface area contributed by atoms with Crippen LogP contribution in [0.1, 0.15) is 87.0 Å². The summed E-state index contributed by atoms with van der Waals surface area (Å²) in [4.78, 5) is 0. The van der Waals surface area contributed by atoms with Gasteiger partial charge in [-0.1, -0.05) is 62.6 Å². The minimum atomic E-state index is -4.86. The molecule has 2 aromatic rings. The molecule has 0 saturated heterocycles. The normalized spacial score (nSPS) is 20.7. The molecule has 33 heavy (non-hydrogen) atoms. The molecule has 0 amide bonds. The monoisotopic (exact) mass is 466 g/mol. The van der Waals surface area contributed by atoms with Crippen molar-refractivity contribution < 1.29 is 26.3 Å². The fraction of sp³-hybridized carbons (Fsp3) is 0.481. The van der Waals surface area contributed by atoms with E-state index >= 15 is 22.0 Å². The van der Waals surface area contributed by atoms with Crippen LogP contribution in [0.25, 0.3) is 11.1 Å². The fourth-order valence-electron chi connectivity index (χ4n) is 5.17. The van der Waals surface area contributed by atoms with Gasteiger partial charge < -0.3 is 0 Å². The lowest BCUT2D eigenvalue weighted by molar-refractivity contribution is -0.227. The topological polar surface area (TPSA) is 0 Å². The van der Waals surface area contributed by atoms with Crippen LogP contribution in [0.5, 0.6) is 0 Å². The van der Waals surface area contributed by atoms with Crippen LogP contribution < -0.4 is 0 Å². The molecule has 0 aliphatic heterocycles.